The predicted molar refractivity (Wildman–Crippen MR) is 126 cm³/mol. The van der Waals surface area contributed by atoms with Gasteiger partial charge in [-0.25, -0.2) is 0 Å². The van der Waals surface area contributed by atoms with E-state index in [0.29, 0.717) is 25.1 Å². The average Bonchev–Trinajstić information content (AvgIpc) is 3.36. The summed E-state index contributed by atoms with van der Waals surface area (Å²) in [5.41, 5.74) is 3.76. The Kier molecular flexibility index (Phi) is 5.76. The van der Waals surface area contributed by atoms with Crippen LogP contribution in [0.15, 0.2) is 29.6 Å². The Morgan fingerprint density at radius 2 is 1.78 bits per heavy atom. The van der Waals surface area contributed by atoms with Crippen molar-refractivity contribution in [2.75, 3.05) is 23.3 Å². The summed E-state index contributed by atoms with van der Waals surface area (Å²) in [6, 6.07) is 8.04. The van der Waals surface area contributed by atoms with E-state index in [9.17, 15) is 14.4 Å². The molecule has 0 saturated heterocycles. The zero-order chi connectivity index (χ0) is 22.1. The molecule has 3 heterocycles. The van der Waals surface area contributed by atoms with Crippen molar-refractivity contribution in [3.8, 4) is 0 Å². The maximum absolute atomic E-state index is 12.7. The third-order valence-electron chi connectivity index (χ3n) is 7.18. The number of thiophene rings is 1. The Hall–Kier alpha value is -2.67. The van der Waals surface area contributed by atoms with Gasteiger partial charge >= 0.3 is 11.8 Å². The number of aryl methyl sites for hydroxylation is 2. The van der Waals surface area contributed by atoms with E-state index in [-0.39, 0.29) is 11.3 Å². The summed E-state index contributed by atoms with van der Waals surface area (Å²) in [5, 5.41) is 7.80. The number of hydrogen-bond donors (Lipinski definition) is 2. The van der Waals surface area contributed by atoms with E-state index in [2.05, 4.69) is 28.1 Å². The van der Waals surface area contributed by atoms with Gasteiger partial charge in [-0.1, -0.05) is 25.3 Å². The topological polar surface area (TPSA) is 78.5 Å². The van der Waals surface area contributed by atoms with E-state index in [0.717, 1.165) is 61.9 Å². The minimum absolute atomic E-state index is 0.0612. The minimum atomic E-state index is -0.631. The number of anilines is 2. The van der Waals surface area contributed by atoms with Crippen molar-refractivity contribution in [1.29, 1.82) is 0 Å². The van der Waals surface area contributed by atoms with Crippen molar-refractivity contribution < 1.29 is 14.4 Å². The first-order chi connectivity index (χ1) is 15.6. The SMILES string of the molecule is O=C(NCC1(c2cccs2)CCCCC1)C(=O)Nc1cc2c3c(c1)CCC(=O)N3CCC2. The number of nitrogens with zero attached hydrogens (tertiary/aromatic N) is 1. The summed E-state index contributed by atoms with van der Waals surface area (Å²) in [4.78, 5) is 40.8. The highest BCUT2D eigenvalue weighted by Crippen LogP contribution is 2.41. The summed E-state index contributed by atoms with van der Waals surface area (Å²) in [7, 11) is 0. The predicted octanol–water partition coefficient (Wildman–Crippen LogP) is 3.93. The molecule has 2 aromatic rings. The summed E-state index contributed by atoms with van der Waals surface area (Å²) < 4.78 is 0. The molecule has 1 aromatic carbocycles. The van der Waals surface area contributed by atoms with E-state index in [1.165, 1.54) is 11.3 Å². The zero-order valence-corrected chi connectivity index (χ0v) is 19.1. The fourth-order valence-electron chi connectivity index (χ4n) is 5.56. The van der Waals surface area contributed by atoms with Crippen LogP contribution in [0, 0.1) is 0 Å². The number of hydrogen-bond acceptors (Lipinski definition) is 4. The van der Waals surface area contributed by atoms with Gasteiger partial charge in [0.05, 0.1) is 5.69 Å². The summed E-state index contributed by atoms with van der Waals surface area (Å²) in [5.74, 6) is -1.04. The van der Waals surface area contributed by atoms with Gasteiger partial charge < -0.3 is 15.5 Å². The molecular weight excluding hydrogens is 422 g/mol. The van der Waals surface area contributed by atoms with Crippen LogP contribution in [-0.2, 0) is 32.6 Å². The molecule has 0 bridgehead atoms. The number of carbonyl (C=O) groups is 3. The van der Waals surface area contributed by atoms with E-state index in [4.69, 9.17) is 0 Å². The van der Waals surface area contributed by atoms with Crippen molar-refractivity contribution in [3.05, 3.63) is 45.6 Å². The van der Waals surface area contributed by atoms with Gasteiger partial charge in [-0.3, -0.25) is 14.4 Å². The highest BCUT2D eigenvalue weighted by molar-refractivity contribution is 7.10. The third-order valence-corrected chi connectivity index (χ3v) is 8.30. The smallest absolute Gasteiger partial charge is 0.313 e. The number of carbonyl (C=O) groups excluding carboxylic acids is 3. The molecule has 1 fully saturated rings. The van der Waals surface area contributed by atoms with Crippen LogP contribution in [0.3, 0.4) is 0 Å². The molecule has 0 unspecified atom stereocenters. The normalized spacial score (nSPS) is 19.2. The van der Waals surface area contributed by atoms with Gasteiger partial charge in [0, 0.05) is 35.5 Å². The fourth-order valence-corrected chi connectivity index (χ4v) is 6.55. The molecule has 0 spiro atoms. The Balaban J connectivity index is 1.27. The Morgan fingerprint density at radius 3 is 2.53 bits per heavy atom. The summed E-state index contributed by atoms with van der Waals surface area (Å²) in [6.45, 7) is 1.26. The van der Waals surface area contributed by atoms with Crippen LogP contribution >= 0.6 is 11.3 Å². The first kappa shape index (κ1) is 21.2. The van der Waals surface area contributed by atoms with Crippen LogP contribution in [0.5, 0.6) is 0 Å². The molecule has 2 N–H and O–H groups in total. The summed E-state index contributed by atoms with van der Waals surface area (Å²) in [6.07, 6.45) is 8.58. The number of nitrogens with one attached hydrogen (secondary N) is 2. The quantitative estimate of drug-likeness (QED) is 0.692. The molecule has 1 aromatic heterocycles. The van der Waals surface area contributed by atoms with Gasteiger partial charge in [0.1, 0.15) is 0 Å². The number of amides is 3. The van der Waals surface area contributed by atoms with Crippen molar-refractivity contribution >= 4 is 40.4 Å². The maximum Gasteiger partial charge on any atom is 0.313 e. The lowest BCUT2D eigenvalue weighted by Crippen LogP contribution is -2.45. The van der Waals surface area contributed by atoms with Crippen molar-refractivity contribution in [1.82, 2.24) is 5.32 Å². The lowest BCUT2D eigenvalue weighted by Gasteiger charge is -2.36. The van der Waals surface area contributed by atoms with E-state index < -0.39 is 11.8 Å². The van der Waals surface area contributed by atoms with Crippen LogP contribution in [0.4, 0.5) is 11.4 Å². The standard InChI is InChI=1S/C25H29N3O3S/c29-21-9-8-18-15-19(14-17-6-4-12-28(21)22(17)18)27-24(31)23(30)26-16-25(10-2-1-3-11-25)20-7-5-13-32-20/h5,7,13-15H,1-4,6,8-12,16H2,(H,26,30)(H,27,31). The first-order valence-electron chi connectivity index (χ1n) is 11.7. The maximum atomic E-state index is 12.7. The molecule has 3 aliphatic rings. The second kappa shape index (κ2) is 8.70. The monoisotopic (exact) mass is 451 g/mol. The molecule has 7 heteroatoms. The van der Waals surface area contributed by atoms with E-state index in [1.54, 1.807) is 11.3 Å². The second-order valence-corrected chi connectivity index (χ2v) is 10.2. The highest BCUT2D eigenvalue weighted by Gasteiger charge is 2.36. The second-order valence-electron chi connectivity index (χ2n) is 9.25. The first-order valence-corrected chi connectivity index (χ1v) is 12.5. The Morgan fingerprint density at radius 1 is 1.00 bits per heavy atom. The van der Waals surface area contributed by atoms with Gasteiger partial charge in [-0.2, -0.15) is 0 Å². The van der Waals surface area contributed by atoms with Crippen molar-refractivity contribution in [3.63, 3.8) is 0 Å². The molecule has 0 radical (unpaired) electrons. The van der Waals surface area contributed by atoms with Crippen LogP contribution in [0.2, 0.25) is 0 Å². The average molecular weight is 452 g/mol. The number of rotatable bonds is 4. The molecule has 0 atom stereocenters. The van der Waals surface area contributed by atoms with Crippen LogP contribution in [0.25, 0.3) is 0 Å². The third kappa shape index (κ3) is 3.94. The molecule has 2 aliphatic heterocycles. The van der Waals surface area contributed by atoms with E-state index in [1.807, 2.05) is 17.0 Å². The van der Waals surface area contributed by atoms with Crippen LogP contribution < -0.4 is 15.5 Å². The van der Waals surface area contributed by atoms with Gasteiger partial charge in [0.15, 0.2) is 0 Å². The van der Waals surface area contributed by atoms with Gasteiger partial charge in [-0.15, -0.1) is 11.3 Å². The Bertz CT molecular complexity index is 1020. The minimum Gasteiger partial charge on any atom is -0.347 e. The van der Waals surface area contributed by atoms with E-state index >= 15 is 0 Å². The lowest BCUT2D eigenvalue weighted by molar-refractivity contribution is -0.136. The highest BCUT2D eigenvalue weighted by atomic mass is 32.1. The zero-order valence-electron chi connectivity index (χ0n) is 18.2. The fraction of sp³-hybridized carbons (Fsp3) is 0.480. The van der Waals surface area contributed by atoms with Crippen molar-refractivity contribution in [2.45, 2.75) is 63.2 Å². The molecule has 1 saturated carbocycles. The van der Waals surface area contributed by atoms with Crippen molar-refractivity contribution in [2.24, 2.45) is 0 Å². The molecule has 3 amide bonds. The summed E-state index contributed by atoms with van der Waals surface area (Å²) >= 11 is 1.73. The molecule has 5 rings (SSSR count). The van der Waals surface area contributed by atoms with Gasteiger partial charge in [-0.05, 0) is 66.8 Å². The molecule has 6 nitrogen and oxygen atoms in total. The molecule has 168 valence electrons. The van der Waals surface area contributed by atoms with Gasteiger partial charge in [0.2, 0.25) is 5.91 Å². The van der Waals surface area contributed by atoms with Gasteiger partial charge in [0.25, 0.3) is 0 Å². The lowest BCUT2D eigenvalue weighted by atomic mass is 9.73. The molecule has 1 aliphatic carbocycles. The largest absolute Gasteiger partial charge is 0.347 e. The molecule has 32 heavy (non-hydrogen) atoms. The molecular formula is C25H29N3O3S. The Labute approximate surface area is 192 Å². The number of benzene rings is 1. The van der Waals surface area contributed by atoms with Crippen LogP contribution in [0.1, 0.15) is 60.9 Å². The van der Waals surface area contributed by atoms with Crippen LogP contribution in [-0.4, -0.2) is 30.8 Å².